The number of hydrogen-bond acceptors (Lipinski definition) is 7. The van der Waals surface area contributed by atoms with Crippen molar-refractivity contribution in [2.75, 3.05) is 38.6 Å². The topological polar surface area (TPSA) is 134 Å². The third kappa shape index (κ3) is 4.99. The van der Waals surface area contributed by atoms with Gasteiger partial charge in [-0.25, -0.2) is 16.8 Å². The number of amidine groups is 1. The summed E-state index contributed by atoms with van der Waals surface area (Å²) in [5.74, 6) is -0.806. The summed E-state index contributed by atoms with van der Waals surface area (Å²) in [6, 6.07) is 5.53. The quantitative estimate of drug-likeness (QED) is 0.567. The van der Waals surface area contributed by atoms with Crippen LogP contribution >= 0.6 is 0 Å². The van der Waals surface area contributed by atoms with Gasteiger partial charge in [0.2, 0.25) is 15.9 Å². The van der Waals surface area contributed by atoms with Crippen LogP contribution in [0, 0.1) is 5.92 Å². The summed E-state index contributed by atoms with van der Waals surface area (Å²) < 4.78 is 58.1. The fraction of sp³-hybridized carbons (Fsp3) is 0.556. The lowest BCUT2D eigenvalue weighted by Crippen LogP contribution is -2.45. The first-order chi connectivity index (χ1) is 14.1. The highest BCUT2D eigenvalue weighted by Crippen LogP contribution is 2.23. The monoisotopic (exact) mass is 458 g/mol. The average Bonchev–Trinajstić information content (AvgIpc) is 2.97. The Morgan fingerprint density at radius 3 is 2.60 bits per heavy atom. The Morgan fingerprint density at radius 2 is 1.93 bits per heavy atom. The van der Waals surface area contributed by atoms with Gasteiger partial charge in [-0.2, -0.15) is 4.31 Å². The Hall–Kier alpha value is -2.02. The Labute approximate surface area is 176 Å². The van der Waals surface area contributed by atoms with Gasteiger partial charge in [-0.1, -0.05) is 26.0 Å². The van der Waals surface area contributed by atoms with Gasteiger partial charge in [-0.15, -0.1) is 0 Å². The first-order valence-electron chi connectivity index (χ1n) is 9.65. The molecule has 1 aromatic carbocycles. The molecule has 10 nitrogen and oxygen atoms in total. The number of morpholine rings is 1. The fourth-order valence-electron chi connectivity index (χ4n) is 3.24. The van der Waals surface area contributed by atoms with Crippen molar-refractivity contribution >= 4 is 31.8 Å². The highest BCUT2D eigenvalue weighted by Gasteiger charge is 2.33. The Kier molecular flexibility index (Phi) is 6.80. The fourth-order valence-corrected chi connectivity index (χ4v) is 5.80. The van der Waals surface area contributed by atoms with Crippen LogP contribution in [0.25, 0.3) is 0 Å². The molecule has 2 aliphatic rings. The average molecular weight is 459 g/mol. The lowest BCUT2D eigenvalue weighted by Gasteiger charge is -2.26. The van der Waals surface area contributed by atoms with Gasteiger partial charge >= 0.3 is 0 Å². The SMILES string of the molecule is CC(C)[C@H](N=C1NS(=O)(=O)c2ccccc21)C(=O)NCCS(=O)(=O)N1CCOCC1. The number of fused-ring (bicyclic) bond motifs is 1. The molecule has 0 bridgehead atoms. The second-order valence-electron chi connectivity index (χ2n) is 7.39. The van der Waals surface area contributed by atoms with Crippen LogP contribution < -0.4 is 10.0 Å². The van der Waals surface area contributed by atoms with Crippen molar-refractivity contribution in [3.05, 3.63) is 29.8 Å². The summed E-state index contributed by atoms with van der Waals surface area (Å²) in [5.41, 5.74) is 0.408. The van der Waals surface area contributed by atoms with E-state index in [-0.39, 0.29) is 28.9 Å². The molecule has 1 atom stereocenters. The standard InChI is InChI=1S/C18H26N4O6S2/c1-13(2)16(20-17-14-5-3-4-6-15(14)30(26,27)21-17)18(23)19-7-12-29(24,25)22-8-10-28-11-9-22/h3-6,13,16H,7-12H2,1-2H3,(H,19,23)(H,20,21)/t16-/m0/s1. The Balaban J connectivity index is 1.68. The zero-order valence-corrected chi connectivity index (χ0v) is 18.5. The van der Waals surface area contributed by atoms with Gasteiger partial charge in [0.25, 0.3) is 10.0 Å². The summed E-state index contributed by atoms with van der Waals surface area (Å²) in [5, 5.41) is 2.62. The maximum atomic E-state index is 12.7. The minimum absolute atomic E-state index is 0.0606. The molecule has 1 fully saturated rings. The lowest BCUT2D eigenvalue weighted by molar-refractivity contribution is -0.123. The number of benzene rings is 1. The molecule has 1 aromatic rings. The largest absolute Gasteiger partial charge is 0.379 e. The number of amides is 1. The Bertz CT molecular complexity index is 1030. The van der Waals surface area contributed by atoms with E-state index in [2.05, 4.69) is 15.0 Å². The predicted octanol–water partition coefficient (Wildman–Crippen LogP) is -0.472. The molecular formula is C18H26N4O6S2. The van der Waals surface area contributed by atoms with E-state index in [4.69, 9.17) is 4.74 Å². The molecule has 2 N–H and O–H groups in total. The van der Waals surface area contributed by atoms with Crippen molar-refractivity contribution in [1.82, 2.24) is 14.3 Å². The van der Waals surface area contributed by atoms with E-state index in [1.54, 1.807) is 32.0 Å². The zero-order chi connectivity index (χ0) is 21.9. The molecule has 2 heterocycles. The lowest BCUT2D eigenvalue weighted by atomic mass is 10.0. The third-order valence-electron chi connectivity index (χ3n) is 4.85. The third-order valence-corrected chi connectivity index (χ3v) is 8.12. The van der Waals surface area contributed by atoms with Crippen molar-refractivity contribution in [1.29, 1.82) is 0 Å². The molecule has 0 spiro atoms. The molecule has 0 radical (unpaired) electrons. The normalized spacial score (nSPS) is 21.2. The van der Waals surface area contributed by atoms with E-state index < -0.39 is 32.0 Å². The number of rotatable bonds is 7. The second kappa shape index (κ2) is 9.00. The van der Waals surface area contributed by atoms with Crippen LogP contribution in [0.5, 0.6) is 0 Å². The molecule has 0 saturated carbocycles. The van der Waals surface area contributed by atoms with Crippen molar-refractivity contribution in [3.63, 3.8) is 0 Å². The summed E-state index contributed by atoms with van der Waals surface area (Å²) in [6.45, 7) is 4.83. The van der Waals surface area contributed by atoms with Gasteiger partial charge < -0.3 is 10.1 Å². The van der Waals surface area contributed by atoms with Crippen LogP contribution in [0.3, 0.4) is 0 Å². The number of carbonyl (C=O) groups excluding carboxylic acids is 1. The van der Waals surface area contributed by atoms with Crippen molar-refractivity contribution < 1.29 is 26.4 Å². The number of ether oxygens (including phenoxy) is 1. The Morgan fingerprint density at radius 1 is 1.27 bits per heavy atom. The first kappa shape index (κ1) is 22.7. The molecule has 0 unspecified atom stereocenters. The molecule has 1 amide bonds. The van der Waals surface area contributed by atoms with Crippen LogP contribution in [-0.2, 0) is 29.6 Å². The molecule has 3 rings (SSSR count). The van der Waals surface area contributed by atoms with Crippen LogP contribution in [-0.4, -0.2) is 77.5 Å². The molecule has 1 saturated heterocycles. The van der Waals surface area contributed by atoms with Crippen LogP contribution in [0.15, 0.2) is 34.2 Å². The number of carbonyl (C=O) groups is 1. The first-order valence-corrected chi connectivity index (χ1v) is 12.7. The van der Waals surface area contributed by atoms with Crippen molar-refractivity contribution in [3.8, 4) is 0 Å². The maximum absolute atomic E-state index is 12.7. The second-order valence-corrected chi connectivity index (χ2v) is 11.1. The van der Waals surface area contributed by atoms with Crippen LogP contribution in [0.4, 0.5) is 0 Å². The molecule has 2 aliphatic heterocycles. The molecule has 0 aromatic heterocycles. The summed E-state index contributed by atoms with van der Waals surface area (Å²) in [7, 11) is -7.20. The maximum Gasteiger partial charge on any atom is 0.263 e. The molecular weight excluding hydrogens is 432 g/mol. The smallest absolute Gasteiger partial charge is 0.263 e. The number of aliphatic imine (C=N–C) groups is 1. The minimum Gasteiger partial charge on any atom is -0.379 e. The van der Waals surface area contributed by atoms with E-state index in [0.29, 0.717) is 31.9 Å². The number of hydrogen-bond donors (Lipinski definition) is 2. The predicted molar refractivity (Wildman–Crippen MR) is 111 cm³/mol. The highest BCUT2D eigenvalue weighted by atomic mass is 32.2. The van der Waals surface area contributed by atoms with Crippen molar-refractivity contribution in [2.45, 2.75) is 24.8 Å². The number of sulfonamides is 2. The summed E-state index contributed by atoms with van der Waals surface area (Å²) >= 11 is 0. The van der Waals surface area contributed by atoms with Gasteiger partial charge in [-0.05, 0) is 18.1 Å². The van der Waals surface area contributed by atoms with E-state index in [9.17, 15) is 21.6 Å². The van der Waals surface area contributed by atoms with Gasteiger partial charge in [0.15, 0.2) is 0 Å². The molecule has 0 aliphatic carbocycles. The van der Waals surface area contributed by atoms with E-state index >= 15 is 0 Å². The summed E-state index contributed by atoms with van der Waals surface area (Å²) in [4.78, 5) is 17.2. The molecule has 30 heavy (non-hydrogen) atoms. The van der Waals surface area contributed by atoms with Crippen LogP contribution in [0.1, 0.15) is 19.4 Å². The van der Waals surface area contributed by atoms with Gasteiger partial charge in [-0.3, -0.25) is 14.5 Å². The minimum atomic E-state index is -3.71. The number of nitrogens with zero attached hydrogens (tertiary/aromatic N) is 2. The highest BCUT2D eigenvalue weighted by molar-refractivity contribution is 7.90. The molecule has 166 valence electrons. The molecule has 12 heteroatoms. The van der Waals surface area contributed by atoms with Crippen molar-refractivity contribution in [2.24, 2.45) is 10.9 Å². The van der Waals surface area contributed by atoms with Gasteiger partial charge in [0.05, 0.1) is 23.9 Å². The summed E-state index contributed by atoms with van der Waals surface area (Å²) in [6.07, 6.45) is 0. The van der Waals surface area contributed by atoms with E-state index in [1.165, 1.54) is 10.4 Å². The van der Waals surface area contributed by atoms with E-state index in [1.807, 2.05) is 0 Å². The van der Waals surface area contributed by atoms with Crippen LogP contribution in [0.2, 0.25) is 0 Å². The van der Waals surface area contributed by atoms with E-state index in [0.717, 1.165) is 0 Å². The number of nitrogens with one attached hydrogen (secondary N) is 2. The van der Waals surface area contributed by atoms with Gasteiger partial charge in [0.1, 0.15) is 11.9 Å². The zero-order valence-electron chi connectivity index (χ0n) is 16.9. The van der Waals surface area contributed by atoms with Gasteiger partial charge in [0, 0.05) is 25.2 Å².